The van der Waals surface area contributed by atoms with Gasteiger partial charge in [0.25, 0.3) is 0 Å². The Kier molecular flexibility index (Phi) is 3.45. The molecule has 0 amide bonds. The van der Waals surface area contributed by atoms with Gasteiger partial charge < -0.3 is 5.73 Å². The standard InChI is InChI=1S/C12H17N3/c13-11-6-1-2-7-12(11)15-9-10-5-3-4-8-14-10/h3-5,8-9,11-12H,1-2,6-7,13H2/b15-9+/t11-,12-/m1/s1. The Morgan fingerprint density at radius 1 is 1.33 bits per heavy atom. The summed E-state index contributed by atoms with van der Waals surface area (Å²) in [5, 5.41) is 0. The molecule has 3 nitrogen and oxygen atoms in total. The molecule has 3 heteroatoms. The van der Waals surface area contributed by atoms with E-state index in [4.69, 9.17) is 5.73 Å². The molecule has 0 aromatic carbocycles. The van der Waals surface area contributed by atoms with Crippen molar-refractivity contribution in [1.29, 1.82) is 0 Å². The van der Waals surface area contributed by atoms with Gasteiger partial charge in [-0.2, -0.15) is 0 Å². The van der Waals surface area contributed by atoms with Crippen molar-refractivity contribution in [2.75, 3.05) is 0 Å². The normalized spacial score (nSPS) is 27.0. The second-order valence-electron chi connectivity index (χ2n) is 4.05. The maximum Gasteiger partial charge on any atom is 0.0807 e. The van der Waals surface area contributed by atoms with E-state index in [0.717, 1.165) is 18.5 Å². The van der Waals surface area contributed by atoms with Gasteiger partial charge in [-0.3, -0.25) is 9.98 Å². The number of rotatable bonds is 2. The number of aliphatic imine (C=N–C) groups is 1. The lowest BCUT2D eigenvalue weighted by Gasteiger charge is -2.24. The first kappa shape index (κ1) is 10.3. The molecule has 0 bridgehead atoms. The lowest BCUT2D eigenvalue weighted by molar-refractivity contribution is 0.387. The van der Waals surface area contributed by atoms with Crippen molar-refractivity contribution >= 4 is 6.21 Å². The average molecular weight is 203 g/mol. The van der Waals surface area contributed by atoms with Gasteiger partial charge in [-0.15, -0.1) is 0 Å². The highest BCUT2D eigenvalue weighted by molar-refractivity contribution is 5.76. The first-order valence-corrected chi connectivity index (χ1v) is 5.56. The molecule has 0 radical (unpaired) electrons. The van der Waals surface area contributed by atoms with Gasteiger partial charge in [-0.05, 0) is 25.0 Å². The molecule has 0 aliphatic heterocycles. The summed E-state index contributed by atoms with van der Waals surface area (Å²) in [6.07, 6.45) is 8.33. The minimum atomic E-state index is 0.235. The van der Waals surface area contributed by atoms with Gasteiger partial charge in [-0.25, -0.2) is 0 Å². The second kappa shape index (κ2) is 5.03. The number of pyridine rings is 1. The smallest absolute Gasteiger partial charge is 0.0807 e. The van der Waals surface area contributed by atoms with E-state index in [1.807, 2.05) is 24.4 Å². The zero-order chi connectivity index (χ0) is 10.5. The van der Waals surface area contributed by atoms with Crippen LogP contribution >= 0.6 is 0 Å². The van der Waals surface area contributed by atoms with Crippen LogP contribution in [-0.4, -0.2) is 23.3 Å². The molecule has 2 N–H and O–H groups in total. The van der Waals surface area contributed by atoms with Crippen molar-refractivity contribution in [2.45, 2.75) is 37.8 Å². The van der Waals surface area contributed by atoms with Crippen molar-refractivity contribution in [3.63, 3.8) is 0 Å². The Bertz CT molecular complexity index is 321. The minimum Gasteiger partial charge on any atom is -0.326 e. The van der Waals surface area contributed by atoms with Crippen molar-refractivity contribution in [3.05, 3.63) is 30.1 Å². The van der Waals surface area contributed by atoms with Crippen molar-refractivity contribution in [3.8, 4) is 0 Å². The maximum atomic E-state index is 6.01. The van der Waals surface area contributed by atoms with Gasteiger partial charge in [0.1, 0.15) is 0 Å². The zero-order valence-electron chi connectivity index (χ0n) is 8.84. The third-order valence-corrected chi connectivity index (χ3v) is 2.87. The highest BCUT2D eigenvalue weighted by Crippen LogP contribution is 2.19. The number of hydrogen-bond donors (Lipinski definition) is 1. The first-order valence-electron chi connectivity index (χ1n) is 5.56. The Labute approximate surface area is 90.4 Å². The summed E-state index contributed by atoms with van der Waals surface area (Å²) in [6, 6.07) is 6.36. The lowest BCUT2D eigenvalue weighted by atomic mass is 9.91. The average Bonchev–Trinajstić information content (AvgIpc) is 2.29. The summed E-state index contributed by atoms with van der Waals surface area (Å²) in [6.45, 7) is 0. The van der Waals surface area contributed by atoms with Gasteiger partial charge >= 0.3 is 0 Å². The van der Waals surface area contributed by atoms with Crippen LogP contribution in [0.1, 0.15) is 31.4 Å². The van der Waals surface area contributed by atoms with E-state index >= 15 is 0 Å². The number of aromatic nitrogens is 1. The van der Waals surface area contributed by atoms with Gasteiger partial charge in [0.05, 0.1) is 11.7 Å². The van der Waals surface area contributed by atoms with E-state index in [0.29, 0.717) is 6.04 Å². The van der Waals surface area contributed by atoms with Crippen LogP contribution < -0.4 is 5.73 Å². The summed E-state index contributed by atoms with van der Waals surface area (Å²) in [7, 11) is 0. The van der Waals surface area contributed by atoms with Crippen LogP contribution in [0.15, 0.2) is 29.4 Å². The SMILES string of the molecule is N[C@@H]1CCCC[C@H]1/N=C/c1ccccn1. The monoisotopic (exact) mass is 203 g/mol. The first-order chi connectivity index (χ1) is 7.36. The summed E-state index contributed by atoms with van der Waals surface area (Å²) < 4.78 is 0. The molecule has 1 saturated carbocycles. The molecular formula is C12H17N3. The summed E-state index contributed by atoms with van der Waals surface area (Å²) in [5.41, 5.74) is 6.92. The molecule has 2 rings (SSSR count). The van der Waals surface area contributed by atoms with E-state index in [-0.39, 0.29) is 6.04 Å². The molecule has 1 aromatic rings. The predicted octanol–water partition coefficient (Wildman–Crippen LogP) is 1.77. The molecule has 0 spiro atoms. The zero-order valence-corrected chi connectivity index (χ0v) is 8.84. The highest BCUT2D eigenvalue weighted by atomic mass is 14.9. The topological polar surface area (TPSA) is 51.3 Å². The summed E-state index contributed by atoms with van der Waals surface area (Å²) in [5.74, 6) is 0. The van der Waals surface area contributed by atoms with Gasteiger partial charge in [0, 0.05) is 18.5 Å². The fraction of sp³-hybridized carbons (Fsp3) is 0.500. The van der Waals surface area contributed by atoms with Crippen molar-refractivity contribution in [1.82, 2.24) is 4.98 Å². The molecular weight excluding hydrogens is 186 g/mol. The summed E-state index contributed by atoms with van der Waals surface area (Å²) in [4.78, 5) is 8.72. The van der Waals surface area contributed by atoms with Gasteiger partial charge in [-0.1, -0.05) is 18.9 Å². The lowest BCUT2D eigenvalue weighted by Crippen LogP contribution is -2.36. The van der Waals surface area contributed by atoms with E-state index in [9.17, 15) is 0 Å². The maximum absolute atomic E-state index is 6.01. The third kappa shape index (κ3) is 2.86. The molecule has 1 aliphatic carbocycles. The molecule has 1 aromatic heterocycles. The molecule has 1 aliphatic rings. The van der Waals surface area contributed by atoms with Crippen LogP contribution in [0.2, 0.25) is 0 Å². The van der Waals surface area contributed by atoms with Gasteiger partial charge in [0.15, 0.2) is 0 Å². The highest BCUT2D eigenvalue weighted by Gasteiger charge is 2.19. The molecule has 0 unspecified atom stereocenters. The minimum absolute atomic E-state index is 0.235. The van der Waals surface area contributed by atoms with E-state index in [1.54, 1.807) is 6.20 Å². The molecule has 2 atom stereocenters. The fourth-order valence-electron chi connectivity index (χ4n) is 1.95. The second-order valence-corrected chi connectivity index (χ2v) is 4.05. The molecule has 1 heterocycles. The van der Waals surface area contributed by atoms with E-state index < -0.39 is 0 Å². The van der Waals surface area contributed by atoms with Crippen molar-refractivity contribution in [2.24, 2.45) is 10.7 Å². The third-order valence-electron chi connectivity index (χ3n) is 2.87. The molecule has 80 valence electrons. The van der Waals surface area contributed by atoms with Crippen molar-refractivity contribution < 1.29 is 0 Å². The Hall–Kier alpha value is -1.22. The predicted molar refractivity (Wildman–Crippen MR) is 62.1 cm³/mol. The number of nitrogens with zero attached hydrogens (tertiary/aromatic N) is 2. The Morgan fingerprint density at radius 3 is 2.93 bits per heavy atom. The van der Waals surface area contributed by atoms with Crippen LogP contribution in [0.25, 0.3) is 0 Å². The van der Waals surface area contributed by atoms with Gasteiger partial charge in [0.2, 0.25) is 0 Å². The quantitative estimate of drug-likeness (QED) is 0.745. The van der Waals surface area contributed by atoms with Crippen LogP contribution in [0.3, 0.4) is 0 Å². The Balaban J connectivity index is 1.98. The van der Waals surface area contributed by atoms with Crippen LogP contribution in [0, 0.1) is 0 Å². The largest absolute Gasteiger partial charge is 0.326 e. The van der Waals surface area contributed by atoms with Crippen LogP contribution in [0.5, 0.6) is 0 Å². The molecule has 15 heavy (non-hydrogen) atoms. The molecule has 1 fully saturated rings. The van der Waals surface area contributed by atoms with E-state index in [1.165, 1.54) is 12.8 Å². The fourth-order valence-corrected chi connectivity index (χ4v) is 1.95. The van der Waals surface area contributed by atoms with Crippen LogP contribution in [-0.2, 0) is 0 Å². The Morgan fingerprint density at radius 2 is 2.20 bits per heavy atom. The van der Waals surface area contributed by atoms with Crippen LogP contribution in [0.4, 0.5) is 0 Å². The summed E-state index contributed by atoms with van der Waals surface area (Å²) >= 11 is 0. The number of hydrogen-bond acceptors (Lipinski definition) is 3. The number of nitrogens with two attached hydrogens (primary N) is 1. The molecule has 0 saturated heterocycles. The van der Waals surface area contributed by atoms with E-state index in [2.05, 4.69) is 9.98 Å².